The van der Waals surface area contributed by atoms with Crippen molar-refractivity contribution in [3.05, 3.63) is 0 Å². The van der Waals surface area contributed by atoms with E-state index < -0.39 is 0 Å². The summed E-state index contributed by atoms with van der Waals surface area (Å²) in [7, 11) is 1.73. The Morgan fingerprint density at radius 3 is 2.56 bits per heavy atom. The topological polar surface area (TPSA) is 29.5 Å². The van der Waals surface area contributed by atoms with Crippen LogP contribution in [0.2, 0.25) is 0 Å². The fourth-order valence-corrected chi connectivity index (χ4v) is 3.24. The van der Waals surface area contributed by atoms with Gasteiger partial charge in [-0.05, 0) is 24.2 Å². The first-order valence-electron chi connectivity index (χ1n) is 6.37. The molecule has 2 aliphatic rings. The highest BCUT2D eigenvalue weighted by atomic mass is 16.5. The monoisotopic (exact) mass is 225 g/mol. The molecule has 3 heteroatoms. The molecule has 1 amide bonds. The first-order chi connectivity index (χ1) is 7.56. The van der Waals surface area contributed by atoms with Gasteiger partial charge in [-0.3, -0.25) is 4.79 Å². The zero-order valence-corrected chi connectivity index (χ0v) is 10.8. The fraction of sp³-hybridized carbons (Fsp3) is 0.923. The standard InChI is InChI=1S/C13H23NO2/c1-8(2)11-9(3)12(11)13(15)14-6-5-10(7-14)16-4/h8-12H,5-7H2,1-4H3. The highest BCUT2D eigenvalue weighted by molar-refractivity contribution is 5.82. The van der Waals surface area contributed by atoms with Gasteiger partial charge in [-0.2, -0.15) is 0 Å². The van der Waals surface area contributed by atoms with Gasteiger partial charge in [0.2, 0.25) is 5.91 Å². The quantitative estimate of drug-likeness (QED) is 0.732. The van der Waals surface area contributed by atoms with E-state index in [1.807, 2.05) is 4.90 Å². The van der Waals surface area contributed by atoms with Crippen LogP contribution in [0.1, 0.15) is 27.2 Å². The van der Waals surface area contributed by atoms with Crippen molar-refractivity contribution in [2.75, 3.05) is 20.2 Å². The summed E-state index contributed by atoms with van der Waals surface area (Å²) in [6, 6.07) is 0. The van der Waals surface area contributed by atoms with Gasteiger partial charge >= 0.3 is 0 Å². The summed E-state index contributed by atoms with van der Waals surface area (Å²) in [4.78, 5) is 14.3. The molecule has 0 radical (unpaired) electrons. The second-order valence-corrected chi connectivity index (χ2v) is 5.64. The number of methoxy groups -OCH3 is 1. The molecule has 3 nitrogen and oxygen atoms in total. The zero-order chi connectivity index (χ0) is 11.9. The van der Waals surface area contributed by atoms with E-state index >= 15 is 0 Å². The van der Waals surface area contributed by atoms with Crippen molar-refractivity contribution in [3.63, 3.8) is 0 Å². The summed E-state index contributed by atoms with van der Waals surface area (Å²) in [5.74, 6) is 2.47. The Morgan fingerprint density at radius 1 is 1.44 bits per heavy atom. The predicted octanol–water partition coefficient (Wildman–Crippen LogP) is 1.77. The van der Waals surface area contributed by atoms with E-state index in [4.69, 9.17) is 4.74 Å². The molecule has 2 rings (SSSR count). The van der Waals surface area contributed by atoms with E-state index in [0.29, 0.717) is 23.7 Å². The lowest BCUT2D eigenvalue weighted by Gasteiger charge is -2.16. The van der Waals surface area contributed by atoms with Gasteiger partial charge in [0.25, 0.3) is 0 Å². The number of hydrogen-bond donors (Lipinski definition) is 0. The molecule has 4 unspecified atom stereocenters. The van der Waals surface area contributed by atoms with Gasteiger partial charge in [0.15, 0.2) is 0 Å². The van der Waals surface area contributed by atoms with Crippen LogP contribution in [0.5, 0.6) is 0 Å². The summed E-state index contributed by atoms with van der Waals surface area (Å²) < 4.78 is 5.30. The smallest absolute Gasteiger partial charge is 0.226 e. The first kappa shape index (κ1) is 11.9. The number of ether oxygens (including phenoxy) is 1. The number of nitrogens with zero attached hydrogens (tertiary/aromatic N) is 1. The highest BCUT2D eigenvalue weighted by Crippen LogP contribution is 2.51. The van der Waals surface area contributed by atoms with Crippen molar-refractivity contribution in [1.82, 2.24) is 4.90 Å². The number of rotatable bonds is 3. The van der Waals surface area contributed by atoms with Gasteiger partial charge in [-0.25, -0.2) is 0 Å². The highest BCUT2D eigenvalue weighted by Gasteiger charge is 2.54. The molecule has 1 aliphatic heterocycles. The Kier molecular flexibility index (Phi) is 3.24. The molecule has 1 saturated heterocycles. The minimum atomic E-state index is 0.260. The molecule has 1 saturated carbocycles. The summed E-state index contributed by atoms with van der Waals surface area (Å²) in [5.41, 5.74) is 0. The third-order valence-electron chi connectivity index (χ3n) is 4.29. The Balaban J connectivity index is 1.90. The largest absolute Gasteiger partial charge is 0.380 e. The molecule has 2 fully saturated rings. The number of hydrogen-bond acceptors (Lipinski definition) is 2. The molecule has 0 N–H and O–H groups in total. The molecule has 0 bridgehead atoms. The Labute approximate surface area is 98.1 Å². The molecular weight excluding hydrogens is 202 g/mol. The minimum Gasteiger partial charge on any atom is -0.380 e. The van der Waals surface area contributed by atoms with Gasteiger partial charge in [0, 0.05) is 26.1 Å². The van der Waals surface area contributed by atoms with Gasteiger partial charge in [-0.15, -0.1) is 0 Å². The molecule has 92 valence electrons. The van der Waals surface area contributed by atoms with Crippen molar-refractivity contribution >= 4 is 5.91 Å². The summed E-state index contributed by atoms with van der Waals surface area (Å²) in [6.07, 6.45) is 1.26. The van der Waals surface area contributed by atoms with Gasteiger partial charge in [0.1, 0.15) is 0 Å². The summed E-state index contributed by atoms with van der Waals surface area (Å²) in [5, 5.41) is 0. The maximum Gasteiger partial charge on any atom is 0.226 e. The van der Waals surface area contributed by atoms with Crippen LogP contribution in [0.25, 0.3) is 0 Å². The van der Waals surface area contributed by atoms with Crippen LogP contribution in [-0.4, -0.2) is 37.1 Å². The molecule has 0 aromatic rings. The average Bonchev–Trinajstić information content (AvgIpc) is 2.74. The second-order valence-electron chi connectivity index (χ2n) is 5.64. The van der Waals surface area contributed by atoms with Crippen molar-refractivity contribution in [2.24, 2.45) is 23.7 Å². The lowest BCUT2D eigenvalue weighted by atomic mass is 10.1. The SMILES string of the molecule is COC1CCN(C(=O)C2C(C)C2C(C)C)C1. The van der Waals surface area contributed by atoms with E-state index in [1.165, 1.54) is 0 Å². The van der Waals surface area contributed by atoms with Crippen LogP contribution in [0.3, 0.4) is 0 Å². The predicted molar refractivity (Wildman–Crippen MR) is 63.0 cm³/mol. The Hall–Kier alpha value is -0.570. The Morgan fingerprint density at radius 2 is 2.12 bits per heavy atom. The van der Waals surface area contributed by atoms with E-state index in [0.717, 1.165) is 19.5 Å². The third-order valence-corrected chi connectivity index (χ3v) is 4.29. The molecule has 1 aliphatic carbocycles. The number of carbonyl (C=O) groups excluding carboxylic acids is 1. The van der Waals surface area contributed by atoms with Crippen LogP contribution in [0, 0.1) is 23.7 Å². The minimum absolute atomic E-state index is 0.260. The molecule has 0 spiro atoms. The maximum absolute atomic E-state index is 12.3. The number of carbonyl (C=O) groups is 1. The molecule has 4 atom stereocenters. The van der Waals surface area contributed by atoms with Crippen LogP contribution < -0.4 is 0 Å². The van der Waals surface area contributed by atoms with Crippen LogP contribution in [0.15, 0.2) is 0 Å². The molecule has 16 heavy (non-hydrogen) atoms. The zero-order valence-electron chi connectivity index (χ0n) is 10.8. The van der Waals surface area contributed by atoms with Gasteiger partial charge in [-0.1, -0.05) is 20.8 Å². The van der Waals surface area contributed by atoms with Crippen LogP contribution >= 0.6 is 0 Å². The lowest BCUT2D eigenvalue weighted by molar-refractivity contribution is -0.132. The molecular formula is C13H23NO2. The van der Waals surface area contributed by atoms with Crippen molar-refractivity contribution in [1.29, 1.82) is 0 Å². The van der Waals surface area contributed by atoms with E-state index in [2.05, 4.69) is 20.8 Å². The normalized spacial score (nSPS) is 38.2. The van der Waals surface area contributed by atoms with Crippen LogP contribution in [0.4, 0.5) is 0 Å². The molecule has 0 aromatic carbocycles. The average molecular weight is 225 g/mol. The van der Waals surface area contributed by atoms with Gasteiger partial charge < -0.3 is 9.64 Å². The summed E-state index contributed by atoms with van der Waals surface area (Å²) >= 11 is 0. The number of amides is 1. The van der Waals surface area contributed by atoms with Crippen molar-refractivity contribution < 1.29 is 9.53 Å². The third kappa shape index (κ3) is 1.97. The van der Waals surface area contributed by atoms with Gasteiger partial charge in [0.05, 0.1) is 6.10 Å². The first-order valence-corrected chi connectivity index (χ1v) is 6.37. The molecule has 0 aromatic heterocycles. The fourth-order valence-electron chi connectivity index (χ4n) is 3.24. The number of likely N-dealkylation sites (tertiary alicyclic amines) is 1. The van der Waals surface area contributed by atoms with Crippen molar-refractivity contribution in [2.45, 2.75) is 33.3 Å². The lowest BCUT2D eigenvalue weighted by Crippen LogP contribution is -2.32. The van der Waals surface area contributed by atoms with E-state index in [-0.39, 0.29) is 12.0 Å². The Bertz CT molecular complexity index is 277. The molecule has 1 heterocycles. The van der Waals surface area contributed by atoms with Crippen LogP contribution in [-0.2, 0) is 9.53 Å². The van der Waals surface area contributed by atoms with E-state index in [9.17, 15) is 4.79 Å². The summed E-state index contributed by atoms with van der Waals surface area (Å²) in [6.45, 7) is 8.32. The second kappa shape index (κ2) is 4.36. The van der Waals surface area contributed by atoms with Crippen molar-refractivity contribution in [3.8, 4) is 0 Å². The van der Waals surface area contributed by atoms with E-state index in [1.54, 1.807) is 7.11 Å². The maximum atomic E-state index is 12.3.